The minimum absolute atomic E-state index is 0.0198. The van der Waals surface area contributed by atoms with Crippen LogP contribution in [0.4, 0.5) is 0 Å². The maximum absolute atomic E-state index is 12.0. The molecule has 0 bridgehead atoms. The number of rotatable bonds is 5. The summed E-state index contributed by atoms with van der Waals surface area (Å²) >= 11 is 0. The number of nitrogens with two attached hydrogens (primary N) is 1. The molecule has 1 aromatic carbocycles. The molecule has 1 fully saturated rings. The van der Waals surface area contributed by atoms with E-state index in [-0.39, 0.29) is 17.9 Å². The third-order valence-corrected chi connectivity index (χ3v) is 3.84. The van der Waals surface area contributed by atoms with Crippen molar-refractivity contribution in [3.63, 3.8) is 0 Å². The Labute approximate surface area is 118 Å². The van der Waals surface area contributed by atoms with Gasteiger partial charge in [0.05, 0.1) is 12.3 Å². The highest BCUT2D eigenvalue weighted by Gasteiger charge is 2.30. The zero-order valence-electron chi connectivity index (χ0n) is 11.3. The fourth-order valence-corrected chi connectivity index (χ4v) is 2.72. The number of carbonyl (C=O) groups excluding carboxylic acids is 1. The van der Waals surface area contributed by atoms with Crippen molar-refractivity contribution >= 4 is 11.9 Å². The fraction of sp³-hybridized carbons (Fsp3) is 0.467. The first-order chi connectivity index (χ1) is 9.60. The quantitative estimate of drug-likeness (QED) is 0.749. The molecule has 0 spiro atoms. The van der Waals surface area contributed by atoms with Gasteiger partial charge in [-0.1, -0.05) is 24.3 Å². The van der Waals surface area contributed by atoms with Gasteiger partial charge in [-0.25, -0.2) is 0 Å². The van der Waals surface area contributed by atoms with Gasteiger partial charge in [-0.05, 0) is 30.4 Å². The number of aliphatic carboxylic acids is 1. The van der Waals surface area contributed by atoms with Gasteiger partial charge in [-0.2, -0.15) is 0 Å². The first-order valence-electron chi connectivity index (χ1n) is 6.89. The standard InChI is InChI=1S/C15H20N2O3/c16-9-12-4-2-1-3-10(12)8-14(18)17-13-6-5-11(7-13)15(19)20/h1-4,11,13H,5-9,16H2,(H,17,18)(H,19,20)/t11-,13+/m1/s1. The molecule has 1 aromatic rings. The lowest BCUT2D eigenvalue weighted by Gasteiger charge is -2.13. The summed E-state index contributed by atoms with van der Waals surface area (Å²) in [6.07, 6.45) is 2.20. The molecule has 5 heteroatoms. The lowest BCUT2D eigenvalue weighted by atomic mass is 10.0. The predicted octanol–water partition coefficient (Wildman–Crippen LogP) is 1.06. The number of carbonyl (C=O) groups is 2. The first kappa shape index (κ1) is 14.5. The van der Waals surface area contributed by atoms with E-state index in [0.29, 0.717) is 25.8 Å². The zero-order chi connectivity index (χ0) is 14.5. The highest BCUT2D eigenvalue weighted by atomic mass is 16.4. The Morgan fingerprint density at radius 2 is 1.95 bits per heavy atom. The topological polar surface area (TPSA) is 92.4 Å². The van der Waals surface area contributed by atoms with Crippen LogP contribution in [0.2, 0.25) is 0 Å². The minimum Gasteiger partial charge on any atom is -0.481 e. The summed E-state index contributed by atoms with van der Waals surface area (Å²) in [4.78, 5) is 22.9. The molecule has 0 aromatic heterocycles. The molecule has 0 unspecified atom stereocenters. The summed E-state index contributed by atoms with van der Waals surface area (Å²) in [6, 6.07) is 7.58. The van der Waals surface area contributed by atoms with Gasteiger partial charge in [0.15, 0.2) is 0 Å². The van der Waals surface area contributed by atoms with Gasteiger partial charge in [-0.3, -0.25) is 9.59 Å². The highest BCUT2D eigenvalue weighted by molar-refractivity contribution is 5.79. The molecule has 0 heterocycles. The Bertz CT molecular complexity index is 502. The van der Waals surface area contributed by atoms with E-state index in [0.717, 1.165) is 17.5 Å². The van der Waals surface area contributed by atoms with Gasteiger partial charge in [-0.15, -0.1) is 0 Å². The minimum atomic E-state index is -0.768. The Morgan fingerprint density at radius 3 is 2.55 bits per heavy atom. The van der Waals surface area contributed by atoms with Crippen LogP contribution in [0.25, 0.3) is 0 Å². The molecule has 2 rings (SSSR count). The van der Waals surface area contributed by atoms with Gasteiger partial charge in [0.25, 0.3) is 0 Å². The van der Waals surface area contributed by atoms with Crippen LogP contribution in [-0.2, 0) is 22.6 Å². The molecular weight excluding hydrogens is 256 g/mol. The van der Waals surface area contributed by atoms with Crippen molar-refractivity contribution < 1.29 is 14.7 Å². The van der Waals surface area contributed by atoms with Crippen LogP contribution >= 0.6 is 0 Å². The molecule has 108 valence electrons. The molecule has 1 aliphatic carbocycles. The molecular formula is C15H20N2O3. The second-order valence-electron chi connectivity index (χ2n) is 5.26. The zero-order valence-corrected chi connectivity index (χ0v) is 11.3. The lowest BCUT2D eigenvalue weighted by molar-refractivity contribution is -0.141. The summed E-state index contributed by atoms with van der Waals surface area (Å²) in [7, 11) is 0. The van der Waals surface area contributed by atoms with E-state index in [4.69, 9.17) is 10.8 Å². The van der Waals surface area contributed by atoms with Crippen LogP contribution in [-0.4, -0.2) is 23.0 Å². The third kappa shape index (κ3) is 3.57. The highest BCUT2D eigenvalue weighted by Crippen LogP contribution is 2.25. The average Bonchev–Trinajstić information content (AvgIpc) is 2.88. The number of carboxylic acid groups (broad SMARTS) is 1. The van der Waals surface area contributed by atoms with Crippen molar-refractivity contribution in [1.29, 1.82) is 0 Å². The molecule has 0 radical (unpaired) electrons. The summed E-state index contributed by atoms with van der Waals surface area (Å²) in [6.45, 7) is 0.411. The second-order valence-corrected chi connectivity index (χ2v) is 5.26. The number of nitrogens with one attached hydrogen (secondary N) is 1. The van der Waals surface area contributed by atoms with Crippen LogP contribution in [0, 0.1) is 5.92 Å². The number of hydrogen-bond acceptors (Lipinski definition) is 3. The monoisotopic (exact) mass is 276 g/mol. The molecule has 0 saturated heterocycles. The number of carboxylic acids is 1. The van der Waals surface area contributed by atoms with E-state index < -0.39 is 5.97 Å². The smallest absolute Gasteiger partial charge is 0.306 e. The van der Waals surface area contributed by atoms with Crippen molar-refractivity contribution in [3.8, 4) is 0 Å². The Hall–Kier alpha value is -1.88. The van der Waals surface area contributed by atoms with Crippen LogP contribution in [0.5, 0.6) is 0 Å². The van der Waals surface area contributed by atoms with E-state index >= 15 is 0 Å². The summed E-state index contributed by atoms with van der Waals surface area (Å²) in [5.41, 5.74) is 7.55. The van der Waals surface area contributed by atoms with Gasteiger partial charge >= 0.3 is 5.97 Å². The Balaban J connectivity index is 1.89. The summed E-state index contributed by atoms with van der Waals surface area (Å²) in [5, 5.41) is 11.9. The van der Waals surface area contributed by atoms with Crippen LogP contribution in [0.15, 0.2) is 24.3 Å². The van der Waals surface area contributed by atoms with Crippen molar-refractivity contribution in [2.24, 2.45) is 11.7 Å². The normalized spacial score (nSPS) is 21.6. The maximum Gasteiger partial charge on any atom is 0.306 e. The molecule has 1 amide bonds. The first-order valence-corrected chi connectivity index (χ1v) is 6.89. The number of benzene rings is 1. The number of hydrogen-bond donors (Lipinski definition) is 3. The molecule has 2 atom stereocenters. The molecule has 4 N–H and O–H groups in total. The summed E-state index contributed by atoms with van der Waals surface area (Å²) in [5.74, 6) is -1.16. The van der Waals surface area contributed by atoms with Crippen molar-refractivity contribution in [1.82, 2.24) is 5.32 Å². The van der Waals surface area contributed by atoms with Crippen molar-refractivity contribution in [3.05, 3.63) is 35.4 Å². The maximum atomic E-state index is 12.0. The van der Waals surface area contributed by atoms with E-state index in [1.807, 2.05) is 24.3 Å². The third-order valence-electron chi connectivity index (χ3n) is 3.84. The van der Waals surface area contributed by atoms with E-state index in [1.54, 1.807) is 0 Å². The van der Waals surface area contributed by atoms with Gasteiger partial charge in [0.2, 0.25) is 5.91 Å². The predicted molar refractivity (Wildman–Crippen MR) is 74.9 cm³/mol. The van der Waals surface area contributed by atoms with E-state index in [1.165, 1.54) is 0 Å². The van der Waals surface area contributed by atoms with Crippen LogP contribution in [0.3, 0.4) is 0 Å². The largest absolute Gasteiger partial charge is 0.481 e. The molecule has 5 nitrogen and oxygen atoms in total. The average molecular weight is 276 g/mol. The van der Waals surface area contributed by atoms with Crippen molar-refractivity contribution in [2.45, 2.75) is 38.3 Å². The number of amides is 1. The Morgan fingerprint density at radius 1 is 1.25 bits per heavy atom. The van der Waals surface area contributed by atoms with Crippen LogP contribution in [0.1, 0.15) is 30.4 Å². The van der Waals surface area contributed by atoms with Gasteiger partial charge < -0.3 is 16.2 Å². The second kappa shape index (κ2) is 6.52. The molecule has 20 heavy (non-hydrogen) atoms. The molecule has 1 aliphatic rings. The molecule has 0 aliphatic heterocycles. The van der Waals surface area contributed by atoms with Gasteiger partial charge in [0.1, 0.15) is 0 Å². The summed E-state index contributed by atoms with van der Waals surface area (Å²) < 4.78 is 0. The Kier molecular flexibility index (Phi) is 4.74. The van der Waals surface area contributed by atoms with E-state index in [9.17, 15) is 9.59 Å². The van der Waals surface area contributed by atoms with E-state index in [2.05, 4.69) is 5.32 Å². The van der Waals surface area contributed by atoms with Crippen molar-refractivity contribution in [2.75, 3.05) is 0 Å². The fourth-order valence-electron chi connectivity index (χ4n) is 2.72. The van der Waals surface area contributed by atoms with Gasteiger partial charge in [0, 0.05) is 12.6 Å². The SMILES string of the molecule is NCc1ccccc1CC(=O)N[C@H]1CC[C@@H](C(=O)O)C1. The molecule has 1 saturated carbocycles. The lowest BCUT2D eigenvalue weighted by Crippen LogP contribution is -2.34. The van der Waals surface area contributed by atoms with Crippen LogP contribution < -0.4 is 11.1 Å².